The van der Waals surface area contributed by atoms with Gasteiger partial charge in [-0.15, -0.1) is 0 Å². The number of carbonyl (C=O) groups excluding carboxylic acids is 2. The SMILES string of the molecule is CCNC(=O)[C@@H](CC)N(Cc1ccccc1)C(=O)CN(c1ccc(C)cc1)S(=O)(=O)c1ccccc1. The minimum absolute atomic E-state index is 0.0868. The van der Waals surface area contributed by atoms with Crippen LogP contribution < -0.4 is 9.62 Å². The van der Waals surface area contributed by atoms with E-state index in [1.54, 1.807) is 42.5 Å². The molecule has 0 radical (unpaired) electrons. The lowest BCUT2D eigenvalue weighted by Crippen LogP contribution is -2.52. The van der Waals surface area contributed by atoms with Gasteiger partial charge in [0.05, 0.1) is 10.6 Å². The van der Waals surface area contributed by atoms with Gasteiger partial charge in [0.25, 0.3) is 10.0 Å². The van der Waals surface area contributed by atoms with Crippen molar-refractivity contribution in [3.63, 3.8) is 0 Å². The minimum Gasteiger partial charge on any atom is -0.355 e. The lowest BCUT2D eigenvalue weighted by Gasteiger charge is -2.33. The topological polar surface area (TPSA) is 86.8 Å². The predicted molar refractivity (Wildman–Crippen MR) is 142 cm³/mol. The quantitative estimate of drug-likeness (QED) is 0.423. The molecule has 0 fully saturated rings. The van der Waals surface area contributed by atoms with Gasteiger partial charge in [-0.25, -0.2) is 8.42 Å². The molecule has 0 aliphatic heterocycles. The molecule has 0 unspecified atom stereocenters. The first-order valence-corrected chi connectivity index (χ1v) is 13.5. The van der Waals surface area contributed by atoms with Crippen LogP contribution in [0.3, 0.4) is 0 Å². The zero-order valence-corrected chi connectivity index (χ0v) is 21.7. The third-order valence-electron chi connectivity index (χ3n) is 5.86. The molecule has 0 aliphatic rings. The summed E-state index contributed by atoms with van der Waals surface area (Å²) in [6.07, 6.45) is 0.389. The molecule has 0 aromatic heterocycles. The van der Waals surface area contributed by atoms with Crippen LogP contribution in [-0.4, -0.2) is 44.3 Å². The van der Waals surface area contributed by atoms with Crippen LogP contribution in [0.15, 0.2) is 89.8 Å². The van der Waals surface area contributed by atoms with E-state index in [1.165, 1.54) is 17.0 Å². The van der Waals surface area contributed by atoms with Crippen LogP contribution in [0.2, 0.25) is 0 Å². The lowest BCUT2D eigenvalue weighted by atomic mass is 10.1. The van der Waals surface area contributed by atoms with E-state index in [0.717, 1.165) is 15.4 Å². The zero-order chi connectivity index (χ0) is 26.1. The number of carbonyl (C=O) groups is 2. The van der Waals surface area contributed by atoms with Crippen LogP contribution in [0.5, 0.6) is 0 Å². The highest BCUT2D eigenvalue weighted by atomic mass is 32.2. The molecule has 0 saturated carbocycles. The number of hydrogen-bond donors (Lipinski definition) is 1. The molecule has 8 heteroatoms. The Morgan fingerprint density at radius 3 is 2.00 bits per heavy atom. The molecule has 3 aromatic rings. The second-order valence-corrected chi connectivity index (χ2v) is 10.3. The van der Waals surface area contributed by atoms with Gasteiger partial charge in [-0.3, -0.25) is 13.9 Å². The van der Waals surface area contributed by atoms with Crippen LogP contribution in [0, 0.1) is 6.92 Å². The Hall–Kier alpha value is -3.65. The number of likely N-dealkylation sites (N-methyl/N-ethyl adjacent to an activating group) is 1. The second kappa shape index (κ2) is 12.4. The van der Waals surface area contributed by atoms with Gasteiger partial charge in [-0.1, -0.05) is 73.2 Å². The second-order valence-electron chi connectivity index (χ2n) is 8.49. The summed E-state index contributed by atoms with van der Waals surface area (Å²) in [5, 5.41) is 2.80. The van der Waals surface area contributed by atoms with Crippen molar-refractivity contribution in [2.75, 3.05) is 17.4 Å². The zero-order valence-electron chi connectivity index (χ0n) is 20.9. The third kappa shape index (κ3) is 6.51. The fourth-order valence-electron chi connectivity index (χ4n) is 3.95. The van der Waals surface area contributed by atoms with Gasteiger partial charge in [-0.05, 0) is 50.1 Å². The summed E-state index contributed by atoms with van der Waals surface area (Å²) in [5.41, 5.74) is 2.19. The average Bonchev–Trinajstić information content (AvgIpc) is 2.89. The van der Waals surface area contributed by atoms with E-state index in [9.17, 15) is 18.0 Å². The molecule has 1 N–H and O–H groups in total. The van der Waals surface area contributed by atoms with Crippen molar-refractivity contribution in [3.05, 3.63) is 96.1 Å². The van der Waals surface area contributed by atoms with Crippen LogP contribution in [0.25, 0.3) is 0 Å². The first-order chi connectivity index (χ1) is 17.3. The normalized spacial score (nSPS) is 12.0. The molecule has 0 saturated heterocycles. The Kier molecular flexibility index (Phi) is 9.25. The average molecular weight is 508 g/mol. The van der Waals surface area contributed by atoms with Crippen molar-refractivity contribution in [2.24, 2.45) is 0 Å². The molecule has 1 atom stereocenters. The smallest absolute Gasteiger partial charge is 0.264 e. The van der Waals surface area contributed by atoms with E-state index in [-0.39, 0.29) is 17.3 Å². The Morgan fingerprint density at radius 2 is 1.44 bits per heavy atom. The number of anilines is 1. The number of hydrogen-bond acceptors (Lipinski definition) is 4. The monoisotopic (exact) mass is 507 g/mol. The van der Waals surface area contributed by atoms with Crippen LogP contribution in [0.1, 0.15) is 31.4 Å². The summed E-state index contributed by atoms with van der Waals surface area (Å²) in [7, 11) is -4.05. The fourth-order valence-corrected chi connectivity index (χ4v) is 5.39. The molecular formula is C28H33N3O4S. The van der Waals surface area contributed by atoms with Crippen molar-refractivity contribution in [1.82, 2.24) is 10.2 Å². The van der Waals surface area contributed by atoms with Gasteiger partial charge in [0.2, 0.25) is 11.8 Å². The molecule has 3 aromatic carbocycles. The molecule has 2 amide bonds. The van der Waals surface area contributed by atoms with Gasteiger partial charge in [0.1, 0.15) is 12.6 Å². The summed E-state index contributed by atoms with van der Waals surface area (Å²) in [6.45, 7) is 5.74. The minimum atomic E-state index is -4.05. The summed E-state index contributed by atoms with van der Waals surface area (Å²) < 4.78 is 28.5. The number of rotatable bonds is 11. The molecule has 36 heavy (non-hydrogen) atoms. The molecular weight excluding hydrogens is 474 g/mol. The van der Waals surface area contributed by atoms with E-state index in [4.69, 9.17) is 0 Å². The molecule has 0 heterocycles. The van der Waals surface area contributed by atoms with Crippen molar-refractivity contribution in [1.29, 1.82) is 0 Å². The van der Waals surface area contributed by atoms with Crippen molar-refractivity contribution < 1.29 is 18.0 Å². The Labute approximate surface area is 213 Å². The van der Waals surface area contributed by atoms with Crippen molar-refractivity contribution >= 4 is 27.5 Å². The van der Waals surface area contributed by atoms with Gasteiger partial charge in [0, 0.05) is 13.1 Å². The summed E-state index contributed by atoms with van der Waals surface area (Å²) >= 11 is 0. The van der Waals surface area contributed by atoms with Crippen molar-refractivity contribution in [2.45, 2.75) is 44.7 Å². The molecule has 3 rings (SSSR count). The molecule has 0 spiro atoms. The third-order valence-corrected chi connectivity index (χ3v) is 7.65. The highest BCUT2D eigenvalue weighted by molar-refractivity contribution is 7.92. The van der Waals surface area contributed by atoms with Gasteiger partial charge < -0.3 is 10.2 Å². The summed E-state index contributed by atoms with van der Waals surface area (Å²) in [6, 6.07) is 23.6. The molecule has 190 valence electrons. The van der Waals surface area contributed by atoms with Gasteiger partial charge in [0.15, 0.2) is 0 Å². The molecule has 0 bridgehead atoms. The number of amides is 2. The predicted octanol–water partition coefficient (Wildman–Crippen LogP) is 4.13. The number of sulfonamides is 1. The van der Waals surface area contributed by atoms with Crippen LogP contribution in [0.4, 0.5) is 5.69 Å². The summed E-state index contributed by atoms with van der Waals surface area (Å²) in [5.74, 6) is -0.728. The maximum Gasteiger partial charge on any atom is 0.264 e. The number of aryl methyl sites for hydroxylation is 1. The highest BCUT2D eigenvalue weighted by Crippen LogP contribution is 2.25. The Balaban J connectivity index is 2.03. The standard InChI is InChI=1S/C28H33N3O4S/c1-4-26(28(33)29-5-2)30(20-23-12-8-6-9-13-23)27(32)21-31(24-18-16-22(3)17-19-24)36(34,35)25-14-10-7-11-15-25/h6-19,26H,4-5,20-21H2,1-3H3,(H,29,33)/t26-/m1/s1. The molecule has 0 aliphatic carbocycles. The lowest BCUT2D eigenvalue weighted by molar-refractivity contribution is -0.140. The maximum absolute atomic E-state index is 13.8. The Bertz CT molecular complexity index is 1250. The van der Waals surface area contributed by atoms with Crippen LogP contribution in [-0.2, 0) is 26.2 Å². The number of nitrogens with zero attached hydrogens (tertiary/aromatic N) is 2. The Morgan fingerprint density at radius 1 is 0.861 bits per heavy atom. The number of nitrogens with one attached hydrogen (secondary N) is 1. The van der Waals surface area contributed by atoms with E-state index in [1.807, 2.05) is 51.1 Å². The van der Waals surface area contributed by atoms with Crippen LogP contribution >= 0.6 is 0 Å². The number of benzene rings is 3. The van der Waals surface area contributed by atoms with E-state index < -0.39 is 28.5 Å². The van der Waals surface area contributed by atoms with E-state index in [2.05, 4.69) is 5.32 Å². The maximum atomic E-state index is 13.8. The van der Waals surface area contributed by atoms with E-state index in [0.29, 0.717) is 18.7 Å². The van der Waals surface area contributed by atoms with E-state index >= 15 is 0 Å². The fraction of sp³-hybridized carbons (Fsp3) is 0.286. The van der Waals surface area contributed by atoms with Gasteiger partial charge >= 0.3 is 0 Å². The largest absolute Gasteiger partial charge is 0.355 e. The first kappa shape index (κ1) is 26.9. The highest BCUT2D eigenvalue weighted by Gasteiger charge is 2.33. The van der Waals surface area contributed by atoms with Gasteiger partial charge in [-0.2, -0.15) is 0 Å². The molecule has 7 nitrogen and oxygen atoms in total. The summed E-state index contributed by atoms with van der Waals surface area (Å²) in [4.78, 5) is 28.3. The first-order valence-electron chi connectivity index (χ1n) is 12.0. The van der Waals surface area contributed by atoms with Crippen molar-refractivity contribution in [3.8, 4) is 0 Å².